The largest absolute Gasteiger partial charge is 0.391 e. The van der Waals surface area contributed by atoms with Crippen molar-refractivity contribution in [3.05, 3.63) is 29.3 Å². The summed E-state index contributed by atoms with van der Waals surface area (Å²) in [4.78, 5) is 0. The molecule has 1 aliphatic carbocycles. The van der Waals surface area contributed by atoms with Gasteiger partial charge in [-0.2, -0.15) is 0 Å². The first-order valence-electron chi connectivity index (χ1n) is 6.16. The van der Waals surface area contributed by atoms with Crippen LogP contribution in [0.3, 0.4) is 0 Å². The molecule has 2 rings (SSSR count). The van der Waals surface area contributed by atoms with E-state index in [-0.39, 0.29) is 12.1 Å². The van der Waals surface area contributed by atoms with Crippen molar-refractivity contribution in [2.24, 2.45) is 0 Å². The maximum absolute atomic E-state index is 9.85. The molecular weight excluding hydrogens is 268 g/mol. The molecule has 1 saturated carbocycles. The molecule has 1 aliphatic rings. The highest BCUT2D eigenvalue weighted by atomic mass is 35.5. The fourth-order valence-corrected chi connectivity index (χ4v) is 2.54. The Morgan fingerprint density at radius 2 is 1.89 bits per heavy atom. The van der Waals surface area contributed by atoms with E-state index in [1.165, 1.54) is 0 Å². The number of rotatable bonds is 2. The van der Waals surface area contributed by atoms with Gasteiger partial charge in [0.1, 0.15) is 0 Å². The predicted octanol–water partition coefficient (Wildman–Crippen LogP) is 2.93. The van der Waals surface area contributed by atoms with Crippen molar-refractivity contribution in [1.82, 2.24) is 5.32 Å². The van der Waals surface area contributed by atoms with Gasteiger partial charge in [0.25, 0.3) is 0 Å². The van der Waals surface area contributed by atoms with Crippen molar-refractivity contribution >= 4 is 34.6 Å². The topological polar surface area (TPSA) is 44.3 Å². The molecular formula is C13H17ClN2OS. The zero-order valence-electron chi connectivity index (χ0n) is 10.0. The van der Waals surface area contributed by atoms with Crippen LogP contribution in [0.25, 0.3) is 0 Å². The summed E-state index contributed by atoms with van der Waals surface area (Å²) in [5, 5.41) is 17.4. The van der Waals surface area contributed by atoms with Crippen LogP contribution in [-0.4, -0.2) is 22.4 Å². The van der Waals surface area contributed by atoms with Gasteiger partial charge in [0.2, 0.25) is 0 Å². The lowest BCUT2D eigenvalue weighted by Crippen LogP contribution is -2.46. The zero-order valence-corrected chi connectivity index (χ0v) is 11.6. The minimum atomic E-state index is -0.302. The lowest BCUT2D eigenvalue weighted by Gasteiger charge is -2.29. The second-order valence-electron chi connectivity index (χ2n) is 4.56. The second-order valence-corrected chi connectivity index (χ2v) is 5.41. The van der Waals surface area contributed by atoms with E-state index >= 15 is 0 Å². The van der Waals surface area contributed by atoms with Crippen LogP contribution in [0.1, 0.15) is 25.7 Å². The normalized spacial score (nSPS) is 23.4. The van der Waals surface area contributed by atoms with Crippen LogP contribution < -0.4 is 10.6 Å². The highest BCUT2D eigenvalue weighted by molar-refractivity contribution is 7.80. The summed E-state index contributed by atoms with van der Waals surface area (Å²) in [6, 6.07) is 7.41. The summed E-state index contributed by atoms with van der Waals surface area (Å²) in [5.41, 5.74) is 0.891. The molecule has 0 aliphatic heterocycles. The number of thiocarbonyl (C=S) groups is 1. The molecule has 1 aromatic rings. The van der Waals surface area contributed by atoms with Gasteiger partial charge in [0.15, 0.2) is 5.11 Å². The van der Waals surface area contributed by atoms with Gasteiger partial charge in [-0.05, 0) is 49.3 Å². The highest BCUT2D eigenvalue weighted by Crippen LogP contribution is 2.19. The number of hydrogen-bond donors (Lipinski definition) is 3. The van der Waals surface area contributed by atoms with Gasteiger partial charge in [-0.25, -0.2) is 0 Å². The maximum Gasteiger partial charge on any atom is 0.171 e. The van der Waals surface area contributed by atoms with Gasteiger partial charge in [-0.1, -0.05) is 24.4 Å². The predicted molar refractivity (Wildman–Crippen MR) is 79.1 cm³/mol. The summed E-state index contributed by atoms with van der Waals surface area (Å²) >= 11 is 11.0. The van der Waals surface area contributed by atoms with E-state index in [9.17, 15) is 5.11 Å². The van der Waals surface area contributed by atoms with Crippen LogP contribution in [0.4, 0.5) is 5.69 Å². The minimum Gasteiger partial charge on any atom is -0.391 e. The van der Waals surface area contributed by atoms with Crippen molar-refractivity contribution in [2.75, 3.05) is 5.32 Å². The highest BCUT2D eigenvalue weighted by Gasteiger charge is 2.23. The summed E-state index contributed by atoms with van der Waals surface area (Å²) in [6.07, 6.45) is 3.74. The molecule has 0 radical (unpaired) electrons. The van der Waals surface area contributed by atoms with E-state index in [1.807, 2.05) is 24.3 Å². The van der Waals surface area contributed by atoms with Crippen molar-refractivity contribution < 1.29 is 5.11 Å². The minimum absolute atomic E-state index is 0.0612. The molecule has 0 unspecified atom stereocenters. The van der Waals surface area contributed by atoms with Crippen molar-refractivity contribution in [1.29, 1.82) is 0 Å². The molecule has 18 heavy (non-hydrogen) atoms. The molecule has 98 valence electrons. The van der Waals surface area contributed by atoms with E-state index in [0.29, 0.717) is 10.1 Å². The van der Waals surface area contributed by atoms with E-state index in [0.717, 1.165) is 31.4 Å². The first-order chi connectivity index (χ1) is 8.65. The van der Waals surface area contributed by atoms with Crippen LogP contribution in [0.15, 0.2) is 24.3 Å². The Bertz CT molecular complexity index is 410. The zero-order chi connectivity index (χ0) is 13.0. The van der Waals surface area contributed by atoms with E-state index in [2.05, 4.69) is 10.6 Å². The van der Waals surface area contributed by atoms with E-state index < -0.39 is 0 Å². The fourth-order valence-electron chi connectivity index (χ4n) is 2.15. The molecule has 0 amide bonds. The Balaban J connectivity index is 1.86. The molecule has 0 spiro atoms. The first-order valence-corrected chi connectivity index (χ1v) is 6.95. The molecule has 0 saturated heterocycles. The Morgan fingerprint density at radius 1 is 1.22 bits per heavy atom. The number of aliphatic hydroxyl groups is 1. The second kappa shape index (κ2) is 6.36. The summed E-state index contributed by atoms with van der Waals surface area (Å²) < 4.78 is 0. The number of nitrogens with one attached hydrogen (secondary N) is 2. The lowest BCUT2D eigenvalue weighted by molar-refractivity contribution is 0.100. The van der Waals surface area contributed by atoms with E-state index in [4.69, 9.17) is 23.8 Å². The number of hydrogen-bond acceptors (Lipinski definition) is 2. The summed E-state index contributed by atoms with van der Waals surface area (Å²) in [7, 11) is 0. The first kappa shape index (κ1) is 13.6. The molecule has 3 N–H and O–H groups in total. The van der Waals surface area contributed by atoms with Gasteiger partial charge in [0, 0.05) is 10.7 Å². The van der Waals surface area contributed by atoms with Gasteiger partial charge in [0.05, 0.1) is 12.1 Å². The number of aliphatic hydroxyl groups excluding tert-OH is 1. The van der Waals surface area contributed by atoms with E-state index in [1.54, 1.807) is 0 Å². The number of halogens is 1. The molecule has 1 fully saturated rings. The van der Waals surface area contributed by atoms with Gasteiger partial charge >= 0.3 is 0 Å². The van der Waals surface area contributed by atoms with Gasteiger partial charge in [-0.3, -0.25) is 0 Å². The Kier molecular flexibility index (Phi) is 4.80. The van der Waals surface area contributed by atoms with Crippen LogP contribution in [0.5, 0.6) is 0 Å². The Morgan fingerprint density at radius 3 is 2.56 bits per heavy atom. The lowest BCUT2D eigenvalue weighted by atomic mass is 9.93. The third kappa shape index (κ3) is 3.83. The van der Waals surface area contributed by atoms with Crippen LogP contribution in [0.2, 0.25) is 5.02 Å². The number of benzene rings is 1. The third-order valence-electron chi connectivity index (χ3n) is 3.15. The average molecular weight is 285 g/mol. The van der Waals surface area contributed by atoms with Crippen LogP contribution >= 0.6 is 23.8 Å². The smallest absolute Gasteiger partial charge is 0.171 e. The molecule has 5 heteroatoms. The fraction of sp³-hybridized carbons (Fsp3) is 0.462. The standard InChI is InChI=1S/C13H17ClN2OS/c14-9-5-7-10(8-6-9)15-13(18)16-11-3-1-2-4-12(11)17/h5-8,11-12,17H,1-4H2,(H2,15,16,18)/t11-,12-/m1/s1. The monoisotopic (exact) mass is 284 g/mol. The molecule has 3 nitrogen and oxygen atoms in total. The average Bonchev–Trinajstić information content (AvgIpc) is 2.35. The third-order valence-corrected chi connectivity index (χ3v) is 3.62. The Hall–Kier alpha value is -0.840. The van der Waals surface area contributed by atoms with Crippen LogP contribution in [-0.2, 0) is 0 Å². The van der Waals surface area contributed by atoms with Gasteiger partial charge < -0.3 is 15.7 Å². The molecule has 1 aromatic carbocycles. The van der Waals surface area contributed by atoms with Crippen molar-refractivity contribution in [3.8, 4) is 0 Å². The van der Waals surface area contributed by atoms with Crippen molar-refractivity contribution in [2.45, 2.75) is 37.8 Å². The van der Waals surface area contributed by atoms with Crippen LogP contribution in [0, 0.1) is 0 Å². The number of anilines is 1. The SMILES string of the molecule is O[C@@H]1CCCC[C@H]1NC(=S)Nc1ccc(Cl)cc1. The molecule has 0 heterocycles. The summed E-state index contributed by atoms with van der Waals surface area (Å²) in [5.74, 6) is 0. The Labute approximate surface area is 118 Å². The molecule has 0 aromatic heterocycles. The molecule has 2 atom stereocenters. The summed E-state index contributed by atoms with van der Waals surface area (Å²) in [6.45, 7) is 0. The van der Waals surface area contributed by atoms with Crippen molar-refractivity contribution in [3.63, 3.8) is 0 Å². The van der Waals surface area contributed by atoms with Gasteiger partial charge in [-0.15, -0.1) is 0 Å². The molecule has 0 bridgehead atoms. The maximum atomic E-state index is 9.85. The quantitative estimate of drug-likeness (QED) is 0.731.